The lowest BCUT2D eigenvalue weighted by Gasteiger charge is -2.17. The molecule has 0 spiro atoms. The number of nitrogens with one attached hydrogen (secondary N) is 1. The lowest BCUT2D eigenvalue weighted by molar-refractivity contribution is -0.385. The SMILES string of the molecule is CCC(C)C(O)CNC(=O)c1ccc(Br)cc1[N+](=O)[O-]. The standard InChI is InChI=1S/C13H17BrN2O4/c1-3-8(2)12(17)7-15-13(18)10-5-4-9(14)6-11(10)16(19)20/h4-6,8,12,17H,3,7H2,1-2H3,(H,15,18). The van der Waals surface area contributed by atoms with Crippen LogP contribution in [0, 0.1) is 16.0 Å². The van der Waals surface area contributed by atoms with Gasteiger partial charge in [-0.15, -0.1) is 0 Å². The second-order valence-electron chi connectivity index (χ2n) is 4.58. The topological polar surface area (TPSA) is 92.5 Å². The molecule has 1 aromatic carbocycles. The fourth-order valence-corrected chi connectivity index (χ4v) is 1.96. The van der Waals surface area contributed by atoms with Crippen molar-refractivity contribution in [3.63, 3.8) is 0 Å². The molecule has 0 saturated carbocycles. The molecule has 0 aromatic heterocycles. The lowest BCUT2D eigenvalue weighted by Crippen LogP contribution is -2.35. The van der Waals surface area contributed by atoms with E-state index in [2.05, 4.69) is 21.2 Å². The summed E-state index contributed by atoms with van der Waals surface area (Å²) in [6.07, 6.45) is 0.119. The predicted molar refractivity (Wildman–Crippen MR) is 78.6 cm³/mol. The lowest BCUT2D eigenvalue weighted by atomic mass is 10.0. The quantitative estimate of drug-likeness (QED) is 0.612. The maximum absolute atomic E-state index is 12.0. The minimum atomic E-state index is -0.668. The Hall–Kier alpha value is -1.47. The molecule has 1 rings (SSSR count). The van der Waals surface area contributed by atoms with Gasteiger partial charge in [0.05, 0.1) is 11.0 Å². The Kier molecular flexibility index (Phi) is 6.09. The van der Waals surface area contributed by atoms with Crippen LogP contribution in [-0.2, 0) is 0 Å². The van der Waals surface area contributed by atoms with Gasteiger partial charge < -0.3 is 10.4 Å². The highest BCUT2D eigenvalue weighted by Gasteiger charge is 2.21. The summed E-state index contributed by atoms with van der Waals surface area (Å²) in [5.41, 5.74) is -0.288. The van der Waals surface area contributed by atoms with E-state index in [1.54, 1.807) is 6.07 Å². The molecule has 0 heterocycles. The summed E-state index contributed by atoms with van der Waals surface area (Å²) in [6.45, 7) is 3.88. The van der Waals surface area contributed by atoms with Gasteiger partial charge in [0.25, 0.3) is 11.6 Å². The third-order valence-corrected chi connectivity index (χ3v) is 3.67. The minimum absolute atomic E-state index is 0.0189. The first-order valence-electron chi connectivity index (χ1n) is 6.27. The maximum Gasteiger partial charge on any atom is 0.283 e. The van der Waals surface area contributed by atoms with Crippen LogP contribution in [0.15, 0.2) is 22.7 Å². The van der Waals surface area contributed by atoms with Crippen LogP contribution < -0.4 is 5.32 Å². The van der Waals surface area contributed by atoms with E-state index in [0.29, 0.717) is 4.47 Å². The Bertz CT molecular complexity index is 507. The van der Waals surface area contributed by atoms with E-state index in [1.165, 1.54) is 12.1 Å². The molecule has 2 unspecified atom stereocenters. The number of carbonyl (C=O) groups excluding carboxylic acids is 1. The molecule has 2 N–H and O–H groups in total. The zero-order chi connectivity index (χ0) is 15.3. The third-order valence-electron chi connectivity index (χ3n) is 3.17. The van der Waals surface area contributed by atoms with Crippen LogP contribution in [0.3, 0.4) is 0 Å². The molecule has 0 saturated heterocycles. The Balaban J connectivity index is 2.80. The molecule has 0 fully saturated rings. The van der Waals surface area contributed by atoms with Crippen molar-refractivity contribution < 1.29 is 14.8 Å². The zero-order valence-corrected chi connectivity index (χ0v) is 12.9. The van der Waals surface area contributed by atoms with E-state index < -0.39 is 16.9 Å². The molecule has 0 aliphatic carbocycles. The number of aliphatic hydroxyl groups is 1. The van der Waals surface area contributed by atoms with Gasteiger partial charge in [0.1, 0.15) is 5.56 Å². The number of amides is 1. The first-order chi connectivity index (χ1) is 9.36. The second-order valence-corrected chi connectivity index (χ2v) is 5.50. The van der Waals surface area contributed by atoms with Gasteiger partial charge in [-0.05, 0) is 18.1 Å². The van der Waals surface area contributed by atoms with E-state index in [4.69, 9.17) is 0 Å². The summed E-state index contributed by atoms with van der Waals surface area (Å²) in [5, 5.41) is 23.2. The highest BCUT2D eigenvalue weighted by molar-refractivity contribution is 9.10. The van der Waals surface area contributed by atoms with Gasteiger partial charge in [0, 0.05) is 17.1 Å². The molecular formula is C13H17BrN2O4. The first kappa shape index (κ1) is 16.6. The fraction of sp³-hybridized carbons (Fsp3) is 0.462. The van der Waals surface area contributed by atoms with Crippen molar-refractivity contribution in [2.45, 2.75) is 26.4 Å². The van der Waals surface area contributed by atoms with E-state index in [-0.39, 0.29) is 23.7 Å². The van der Waals surface area contributed by atoms with Gasteiger partial charge in [0.2, 0.25) is 0 Å². The van der Waals surface area contributed by atoms with Gasteiger partial charge in [-0.3, -0.25) is 14.9 Å². The summed E-state index contributed by atoms with van der Waals surface area (Å²) in [7, 11) is 0. The van der Waals surface area contributed by atoms with Crippen LogP contribution in [0.2, 0.25) is 0 Å². The Morgan fingerprint density at radius 3 is 2.75 bits per heavy atom. The number of halogens is 1. The molecular weight excluding hydrogens is 328 g/mol. The average molecular weight is 345 g/mol. The molecule has 7 heteroatoms. The van der Waals surface area contributed by atoms with Gasteiger partial charge in [0.15, 0.2) is 0 Å². The van der Waals surface area contributed by atoms with Crippen molar-refractivity contribution in [2.75, 3.05) is 6.54 Å². The van der Waals surface area contributed by atoms with Crippen LogP contribution in [0.4, 0.5) is 5.69 Å². The number of aliphatic hydroxyl groups excluding tert-OH is 1. The van der Waals surface area contributed by atoms with E-state index in [9.17, 15) is 20.0 Å². The van der Waals surface area contributed by atoms with Crippen LogP contribution in [0.5, 0.6) is 0 Å². The Morgan fingerprint density at radius 1 is 1.55 bits per heavy atom. The molecule has 2 atom stereocenters. The number of hydrogen-bond donors (Lipinski definition) is 2. The fourth-order valence-electron chi connectivity index (χ4n) is 1.61. The Morgan fingerprint density at radius 2 is 2.20 bits per heavy atom. The van der Waals surface area contributed by atoms with Gasteiger partial charge in [-0.2, -0.15) is 0 Å². The summed E-state index contributed by atoms with van der Waals surface area (Å²) in [4.78, 5) is 22.3. The smallest absolute Gasteiger partial charge is 0.283 e. The number of nitro groups is 1. The molecule has 0 aliphatic heterocycles. The van der Waals surface area contributed by atoms with E-state index in [1.807, 2.05) is 13.8 Å². The molecule has 110 valence electrons. The van der Waals surface area contributed by atoms with E-state index >= 15 is 0 Å². The summed E-state index contributed by atoms with van der Waals surface area (Å²) in [5.74, 6) is -0.512. The molecule has 6 nitrogen and oxygen atoms in total. The van der Waals surface area contributed by atoms with Crippen LogP contribution in [0.25, 0.3) is 0 Å². The van der Waals surface area contributed by atoms with Crippen LogP contribution >= 0.6 is 15.9 Å². The van der Waals surface area contributed by atoms with Gasteiger partial charge in [-0.1, -0.05) is 36.2 Å². The van der Waals surface area contributed by atoms with Gasteiger partial charge >= 0.3 is 0 Å². The molecule has 1 aromatic rings. The maximum atomic E-state index is 12.0. The third kappa shape index (κ3) is 4.28. The minimum Gasteiger partial charge on any atom is -0.391 e. The normalized spacial score (nSPS) is 13.6. The largest absolute Gasteiger partial charge is 0.391 e. The number of benzene rings is 1. The Labute approximate surface area is 125 Å². The molecule has 0 aliphatic rings. The number of carbonyl (C=O) groups is 1. The molecule has 0 bridgehead atoms. The highest BCUT2D eigenvalue weighted by atomic mass is 79.9. The van der Waals surface area contributed by atoms with Crippen LogP contribution in [-0.4, -0.2) is 28.6 Å². The van der Waals surface area contributed by atoms with Crippen molar-refractivity contribution in [3.05, 3.63) is 38.3 Å². The van der Waals surface area contributed by atoms with Crippen molar-refractivity contribution >= 4 is 27.5 Å². The number of hydrogen-bond acceptors (Lipinski definition) is 4. The number of nitro benzene ring substituents is 1. The number of nitrogens with zero attached hydrogens (tertiary/aromatic N) is 1. The van der Waals surface area contributed by atoms with Crippen molar-refractivity contribution in [3.8, 4) is 0 Å². The zero-order valence-electron chi connectivity index (χ0n) is 11.3. The van der Waals surface area contributed by atoms with E-state index in [0.717, 1.165) is 6.42 Å². The monoisotopic (exact) mass is 344 g/mol. The predicted octanol–water partition coefficient (Wildman–Crippen LogP) is 2.49. The molecule has 20 heavy (non-hydrogen) atoms. The first-order valence-corrected chi connectivity index (χ1v) is 7.06. The molecule has 1 amide bonds. The van der Waals surface area contributed by atoms with Crippen molar-refractivity contribution in [1.29, 1.82) is 0 Å². The molecule has 0 radical (unpaired) electrons. The number of rotatable bonds is 6. The summed E-state index contributed by atoms with van der Waals surface area (Å²) in [6, 6.07) is 4.22. The highest BCUT2D eigenvalue weighted by Crippen LogP contribution is 2.23. The van der Waals surface area contributed by atoms with Crippen molar-refractivity contribution in [1.82, 2.24) is 5.32 Å². The average Bonchev–Trinajstić information content (AvgIpc) is 2.43. The van der Waals surface area contributed by atoms with Crippen LogP contribution in [0.1, 0.15) is 30.6 Å². The second kappa shape index (κ2) is 7.35. The van der Waals surface area contributed by atoms with Gasteiger partial charge in [-0.25, -0.2) is 0 Å². The summed E-state index contributed by atoms with van der Waals surface area (Å²) >= 11 is 3.13. The summed E-state index contributed by atoms with van der Waals surface area (Å²) < 4.78 is 0.528. The van der Waals surface area contributed by atoms with Crippen molar-refractivity contribution in [2.24, 2.45) is 5.92 Å².